The molecule has 0 aromatic heterocycles. The molecule has 0 heterocycles. The molecule has 3 unspecified atom stereocenters. The SMILES string of the molecule is Cc1ccccc1C1(C)C=CC(OP(OC2=CCC(C)(c3ccccc3C)C=C2)OC2=CCC(C)(c3ccccc3C)C=C2)=CC1. The fourth-order valence-electron chi connectivity index (χ4n) is 6.90. The van der Waals surface area contributed by atoms with Gasteiger partial charge in [-0.15, -0.1) is 0 Å². The van der Waals surface area contributed by atoms with Gasteiger partial charge >= 0.3 is 8.60 Å². The van der Waals surface area contributed by atoms with Crippen LogP contribution >= 0.6 is 8.60 Å². The van der Waals surface area contributed by atoms with Crippen molar-refractivity contribution in [1.29, 1.82) is 0 Å². The van der Waals surface area contributed by atoms with Crippen molar-refractivity contribution in [2.75, 3.05) is 0 Å². The summed E-state index contributed by atoms with van der Waals surface area (Å²) < 4.78 is 19.5. The molecule has 3 nitrogen and oxygen atoms in total. The highest BCUT2D eigenvalue weighted by molar-refractivity contribution is 7.42. The van der Waals surface area contributed by atoms with Crippen LogP contribution < -0.4 is 0 Å². The molecule has 236 valence electrons. The van der Waals surface area contributed by atoms with Gasteiger partial charge < -0.3 is 13.6 Å². The maximum Gasteiger partial charge on any atom is 0.530 e. The Morgan fingerprint density at radius 1 is 0.457 bits per heavy atom. The summed E-state index contributed by atoms with van der Waals surface area (Å²) >= 11 is 0. The van der Waals surface area contributed by atoms with Crippen LogP contribution in [0.2, 0.25) is 0 Å². The summed E-state index contributed by atoms with van der Waals surface area (Å²) in [5, 5.41) is 0. The second kappa shape index (κ2) is 13.0. The van der Waals surface area contributed by atoms with Gasteiger partial charge in [0.15, 0.2) is 0 Å². The zero-order valence-electron chi connectivity index (χ0n) is 27.9. The predicted octanol–water partition coefficient (Wildman–Crippen LogP) is 11.6. The number of hydrogen-bond acceptors (Lipinski definition) is 3. The van der Waals surface area contributed by atoms with Crippen LogP contribution in [0.5, 0.6) is 0 Å². The fraction of sp³-hybridized carbons (Fsp3) is 0.286. The number of hydrogen-bond donors (Lipinski definition) is 0. The Hall–Kier alpha value is -4.07. The normalized spacial score (nSPS) is 26.1. The van der Waals surface area contributed by atoms with Crippen molar-refractivity contribution in [2.24, 2.45) is 0 Å². The fourth-order valence-corrected chi connectivity index (χ4v) is 7.94. The van der Waals surface area contributed by atoms with Gasteiger partial charge in [-0.25, -0.2) is 0 Å². The van der Waals surface area contributed by atoms with E-state index in [0.29, 0.717) is 0 Å². The molecular weight excluding hydrogens is 583 g/mol. The Morgan fingerprint density at radius 2 is 0.739 bits per heavy atom. The molecule has 0 amide bonds. The molecule has 3 aromatic carbocycles. The second-order valence-electron chi connectivity index (χ2n) is 13.6. The molecule has 0 N–H and O–H groups in total. The van der Waals surface area contributed by atoms with Gasteiger partial charge in [-0.1, -0.05) is 112 Å². The molecule has 46 heavy (non-hydrogen) atoms. The predicted molar refractivity (Wildman–Crippen MR) is 191 cm³/mol. The minimum Gasteiger partial charge on any atom is -0.409 e. The van der Waals surface area contributed by atoms with Crippen molar-refractivity contribution < 1.29 is 13.6 Å². The number of rotatable bonds is 9. The van der Waals surface area contributed by atoms with Crippen molar-refractivity contribution in [3.05, 3.63) is 178 Å². The van der Waals surface area contributed by atoms with Crippen LogP contribution in [0.3, 0.4) is 0 Å². The van der Waals surface area contributed by atoms with Crippen LogP contribution in [0.1, 0.15) is 73.4 Å². The third kappa shape index (κ3) is 6.72. The van der Waals surface area contributed by atoms with Crippen molar-refractivity contribution in [3.63, 3.8) is 0 Å². The zero-order chi connectivity index (χ0) is 32.4. The lowest BCUT2D eigenvalue weighted by atomic mass is 9.75. The molecule has 0 bridgehead atoms. The summed E-state index contributed by atoms with van der Waals surface area (Å²) in [7, 11) is -1.76. The van der Waals surface area contributed by atoms with E-state index in [1.165, 1.54) is 33.4 Å². The summed E-state index contributed by atoms with van der Waals surface area (Å²) in [6, 6.07) is 25.8. The minimum absolute atomic E-state index is 0.0913. The van der Waals surface area contributed by atoms with Crippen LogP contribution in [0.15, 0.2) is 145 Å². The quantitative estimate of drug-likeness (QED) is 0.221. The van der Waals surface area contributed by atoms with Gasteiger partial charge in [0, 0.05) is 16.2 Å². The first-order chi connectivity index (χ1) is 22.1. The van der Waals surface area contributed by atoms with Crippen LogP contribution in [0, 0.1) is 20.8 Å². The molecule has 0 spiro atoms. The first-order valence-electron chi connectivity index (χ1n) is 16.3. The smallest absolute Gasteiger partial charge is 0.409 e. The Morgan fingerprint density at radius 3 is 0.978 bits per heavy atom. The largest absolute Gasteiger partial charge is 0.530 e. The molecule has 6 rings (SSSR count). The van der Waals surface area contributed by atoms with E-state index in [1.807, 2.05) is 0 Å². The highest BCUT2D eigenvalue weighted by Crippen LogP contribution is 2.50. The molecule has 0 fully saturated rings. The number of benzene rings is 3. The standard InChI is InChI=1S/C42H45O3P/c1-31-13-7-10-16-37(31)40(4)25-19-34(20-26-40)43-46(44-35-21-27-41(5,28-22-35)38-17-11-8-14-32(38)2)45-36-23-29-42(6,30-24-36)39-18-12-9-15-33(39)3/h7-25,27,29H,26,28,30H2,1-6H3. The van der Waals surface area contributed by atoms with Gasteiger partial charge in [0.25, 0.3) is 0 Å². The number of allylic oxidation sites excluding steroid dienone is 9. The third-order valence-electron chi connectivity index (χ3n) is 9.85. The molecule has 0 saturated heterocycles. The van der Waals surface area contributed by atoms with Crippen LogP contribution in [0.4, 0.5) is 0 Å². The molecule has 3 atom stereocenters. The molecular formula is C42H45O3P. The van der Waals surface area contributed by atoms with Crippen LogP contribution in [-0.4, -0.2) is 0 Å². The van der Waals surface area contributed by atoms with Crippen molar-refractivity contribution in [1.82, 2.24) is 0 Å². The topological polar surface area (TPSA) is 27.7 Å². The van der Waals surface area contributed by atoms with Crippen LogP contribution in [0.25, 0.3) is 0 Å². The maximum absolute atomic E-state index is 6.51. The average molecular weight is 629 g/mol. The zero-order valence-corrected chi connectivity index (χ0v) is 28.8. The summed E-state index contributed by atoms with van der Waals surface area (Å²) in [4.78, 5) is 0. The Balaban J connectivity index is 1.20. The van der Waals surface area contributed by atoms with Crippen molar-refractivity contribution in [3.8, 4) is 0 Å². The molecule has 3 aromatic rings. The first kappa shape index (κ1) is 31.9. The van der Waals surface area contributed by atoms with Crippen molar-refractivity contribution >= 4 is 8.60 Å². The highest BCUT2D eigenvalue weighted by Gasteiger charge is 2.32. The van der Waals surface area contributed by atoms with Gasteiger partial charge in [0.1, 0.15) is 17.3 Å². The summed E-state index contributed by atoms with van der Waals surface area (Å²) in [6.45, 7) is 13.4. The van der Waals surface area contributed by atoms with E-state index in [9.17, 15) is 0 Å². The summed E-state index contributed by atoms with van der Waals surface area (Å²) in [6.07, 6.45) is 21.9. The van der Waals surface area contributed by atoms with E-state index in [4.69, 9.17) is 13.6 Å². The summed E-state index contributed by atoms with van der Waals surface area (Å²) in [5.74, 6) is 2.31. The number of aryl methyl sites for hydroxylation is 3. The van der Waals surface area contributed by atoms with E-state index in [1.54, 1.807) is 0 Å². The molecule has 4 heteroatoms. The van der Waals surface area contributed by atoms with Crippen LogP contribution in [-0.2, 0) is 29.8 Å². The molecule has 3 aliphatic carbocycles. The van der Waals surface area contributed by atoms with E-state index in [0.717, 1.165) is 36.5 Å². The molecule has 0 aliphatic heterocycles. The van der Waals surface area contributed by atoms with Gasteiger partial charge in [-0.2, -0.15) is 0 Å². The first-order valence-corrected chi connectivity index (χ1v) is 17.4. The minimum atomic E-state index is -1.76. The average Bonchev–Trinajstić information content (AvgIpc) is 3.05. The van der Waals surface area contributed by atoms with Gasteiger partial charge in [-0.05, 0) is 110 Å². The van der Waals surface area contributed by atoms with E-state index < -0.39 is 8.60 Å². The molecule has 3 aliphatic rings. The highest BCUT2D eigenvalue weighted by atomic mass is 31.2. The molecule has 0 radical (unpaired) electrons. The molecule has 0 saturated carbocycles. The van der Waals surface area contributed by atoms with E-state index in [-0.39, 0.29) is 16.2 Å². The van der Waals surface area contributed by atoms with E-state index >= 15 is 0 Å². The Bertz CT molecular complexity index is 1580. The van der Waals surface area contributed by atoms with E-state index in [2.05, 4.69) is 169 Å². The lowest BCUT2D eigenvalue weighted by Gasteiger charge is -2.32. The lowest BCUT2D eigenvalue weighted by molar-refractivity contribution is 0.265. The Kier molecular flexibility index (Phi) is 8.99. The third-order valence-corrected chi connectivity index (χ3v) is 10.9. The van der Waals surface area contributed by atoms with Crippen molar-refractivity contribution in [2.45, 2.75) is 77.0 Å². The van der Waals surface area contributed by atoms with Gasteiger partial charge in [0.2, 0.25) is 0 Å². The second-order valence-corrected chi connectivity index (χ2v) is 14.6. The van der Waals surface area contributed by atoms with Gasteiger partial charge in [0.05, 0.1) is 0 Å². The Labute approximate surface area is 276 Å². The van der Waals surface area contributed by atoms with Gasteiger partial charge in [-0.3, -0.25) is 0 Å². The monoisotopic (exact) mass is 628 g/mol. The maximum atomic E-state index is 6.51. The lowest BCUT2D eigenvalue weighted by Crippen LogP contribution is -2.22. The summed E-state index contributed by atoms with van der Waals surface area (Å²) in [5.41, 5.74) is 7.61.